The number of anilines is 1. The molecule has 24 heavy (non-hydrogen) atoms. The van der Waals surface area contributed by atoms with Gasteiger partial charge in [-0.3, -0.25) is 4.79 Å². The highest BCUT2D eigenvalue weighted by Crippen LogP contribution is 2.16. The molecule has 0 aliphatic heterocycles. The molecule has 0 spiro atoms. The topological polar surface area (TPSA) is 73.2 Å². The fourth-order valence-electron chi connectivity index (χ4n) is 2.14. The Hall–Kier alpha value is -2.93. The third-order valence-electron chi connectivity index (χ3n) is 3.30. The van der Waals surface area contributed by atoms with Gasteiger partial charge in [0.25, 0.3) is 0 Å². The summed E-state index contributed by atoms with van der Waals surface area (Å²) in [5.41, 5.74) is 1.77. The molecule has 0 aliphatic rings. The van der Waals surface area contributed by atoms with Crippen LogP contribution in [0.5, 0.6) is 0 Å². The Bertz CT molecular complexity index is 838. The highest BCUT2D eigenvalue weighted by Gasteiger charge is 2.10. The van der Waals surface area contributed by atoms with E-state index < -0.39 is 5.97 Å². The molecule has 0 aliphatic carbocycles. The van der Waals surface area contributed by atoms with Crippen LogP contribution in [0.15, 0.2) is 54.2 Å². The van der Waals surface area contributed by atoms with Crippen molar-refractivity contribution in [1.82, 2.24) is 9.55 Å². The Balaban J connectivity index is 1.60. The molecular weight excluding hydrogens is 326 g/mol. The number of benzene rings is 1. The second-order valence-corrected chi connectivity index (χ2v) is 5.84. The van der Waals surface area contributed by atoms with Gasteiger partial charge in [-0.05, 0) is 36.4 Å². The van der Waals surface area contributed by atoms with Crippen molar-refractivity contribution in [2.45, 2.75) is 6.42 Å². The maximum Gasteiger partial charge on any atom is 0.337 e. The number of hydrogen-bond acceptors (Lipinski definition) is 5. The summed E-state index contributed by atoms with van der Waals surface area (Å²) in [4.78, 5) is 27.9. The summed E-state index contributed by atoms with van der Waals surface area (Å²) < 4.78 is 6.53. The molecule has 0 saturated carbocycles. The minimum absolute atomic E-state index is 0.162. The summed E-state index contributed by atoms with van der Waals surface area (Å²) in [5, 5.41) is 5.48. The van der Waals surface area contributed by atoms with E-state index in [0.717, 1.165) is 5.13 Å². The number of nitrogens with one attached hydrogen (secondary N) is 1. The fourth-order valence-corrected chi connectivity index (χ4v) is 2.93. The molecule has 6 nitrogen and oxygen atoms in total. The van der Waals surface area contributed by atoms with E-state index in [-0.39, 0.29) is 12.3 Å². The van der Waals surface area contributed by atoms with E-state index in [9.17, 15) is 9.59 Å². The Morgan fingerprint density at radius 2 is 1.92 bits per heavy atom. The van der Waals surface area contributed by atoms with E-state index in [1.165, 1.54) is 18.4 Å². The lowest BCUT2D eigenvalue weighted by molar-refractivity contribution is -0.115. The SMILES string of the molecule is COC(=O)c1ccc(NC(=O)Cc2csc(-n3cccc3)n2)cc1. The van der Waals surface area contributed by atoms with Gasteiger partial charge in [0.2, 0.25) is 5.91 Å². The van der Waals surface area contributed by atoms with Gasteiger partial charge in [-0.15, -0.1) is 11.3 Å². The number of carbonyl (C=O) groups is 2. The zero-order valence-electron chi connectivity index (χ0n) is 12.9. The molecule has 1 amide bonds. The lowest BCUT2D eigenvalue weighted by atomic mass is 10.2. The van der Waals surface area contributed by atoms with Crippen LogP contribution in [-0.4, -0.2) is 28.5 Å². The number of thiazole rings is 1. The van der Waals surface area contributed by atoms with E-state index >= 15 is 0 Å². The number of esters is 1. The molecule has 0 saturated heterocycles. The molecule has 0 radical (unpaired) electrons. The molecule has 0 fully saturated rings. The second kappa shape index (κ2) is 7.10. The predicted octanol–water partition coefficient (Wildman–Crippen LogP) is 2.90. The number of ether oxygens (including phenoxy) is 1. The van der Waals surface area contributed by atoms with Crippen molar-refractivity contribution in [2.75, 3.05) is 12.4 Å². The van der Waals surface area contributed by atoms with Gasteiger partial charge in [-0.2, -0.15) is 0 Å². The molecule has 3 aromatic rings. The van der Waals surface area contributed by atoms with Crippen molar-refractivity contribution in [3.8, 4) is 5.13 Å². The van der Waals surface area contributed by atoms with Crippen LogP contribution in [0.25, 0.3) is 5.13 Å². The molecule has 7 heteroatoms. The van der Waals surface area contributed by atoms with Crippen LogP contribution in [-0.2, 0) is 16.0 Å². The first-order chi connectivity index (χ1) is 11.7. The average molecular weight is 341 g/mol. The molecule has 3 rings (SSSR count). The van der Waals surface area contributed by atoms with Crippen LogP contribution in [0.4, 0.5) is 5.69 Å². The maximum atomic E-state index is 12.1. The van der Waals surface area contributed by atoms with Gasteiger partial charge in [0, 0.05) is 23.5 Å². The normalized spacial score (nSPS) is 10.4. The molecule has 0 unspecified atom stereocenters. The highest BCUT2D eigenvalue weighted by atomic mass is 32.1. The molecule has 122 valence electrons. The maximum absolute atomic E-state index is 12.1. The van der Waals surface area contributed by atoms with Crippen molar-refractivity contribution in [2.24, 2.45) is 0 Å². The molecule has 1 aromatic carbocycles. The van der Waals surface area contributed by atoms with Gasteiger partial charge >= 0.3 is 5.97 Å². The number of hydrogen-bond donors (Lipinski definition) is 1. The van der Waals surface area contributed by atoms with Crippen molar-refractivity contribution in [3.63, 3.8) is 0 Å². The molecule has 2 heterocycles. The number of aromatic nitrogens is 2. The van der Waals surface area contributed by atoms with E-state index in [4.69, 9.17) is 0 Å². The quantitative estimate of drug-likeness (QED) is 0.724. The first-order valence-corrected chi connectivity index (χ1v) is 8.09. The highest BCUT2D eigenvalue weighted by molar-refractivity contribution is 7.12. The van der Waals surface area contributed by atoms with E-state index in [0.29, 0.717) is 16.9 Å². The van der Waals surface area contributed by atoms with Crippen molar-refractivity contribution in [1.29, 1.82) is 0 Å². The smallest absolute Gasteiger partial charge is 0.337 e. The third kappa shape index (κ3) is 3.69. The van der Waals surface area contributed by atoms with Gasteiger partial charge in [-0.25, -0.2) is 9.78 Å². The van der Waals surface area contributed by atoms with Gasteiger partial charge in [0.15, 0.2) is 5.13 Å². The van der Waals surface area contributed by atoms with Gasteiger partial charge < -0.3 is 14.6 Å². The van der Waals surface area contributed by atoms with Crippen molar-refractivity contribution >= 4 is 28.9 Å². The minimum atomic E-state index is -0.409. The molecule has 0 bridgehead atoms. The van der Waals surface area contributed by atoms with Crippen LogP contribution in [0, 0.1) is 0 Å². The van der Waals surface area contributed by atoms with E-state index in [2.05, 4.69) is 15.0 Å². The van der Waals surface area contributed by atoms with Crippen LogP contribution in [0.2, 0.25) is 0 Å². The first-order valence-electron chi connectivity index (χ1n) is 7.21. The van der Waals surface area contributed by atoms with Gasteiger partial charge in [-0.1, -0.05) is 0 Å². The summed E-state index contributed by atoms with van der Waals surface area (Å²) in [7, 11) is 1.33. The number of nitrogens with zero attached hydrogens (tertiary/aromatic N) is 2. The van der Waals surface area contributed by atoms with Gasteiger partial charge in [0.05, 0.1) is 24.8 Å². The molecule has 0 atom stereocenters. The summed E-state index contributed by atoms with van der Waals surface area (Å²) in [6, 6.07) is 10.4. The van der Waals surface area contributed by atoms with Crippen molar-refractivity contribution in [3.05, 3.63) is 65.4 Å². The summed E-state index contributed by atoms with van der Waals surface area (Å²) >= 11 is 1.48. The molecule has 2 aromatic heterocycles. The third-order valence-corrected chi connectivity index (χ3v) is 4.20. The Labute approximate surface area is 142 Å². The summed E-state index contributed by atoms with van der Waals surface area (Å²) in [6.07, 6.45) is 4.01. The van der Waals surface area contributed by atoms with Gasteiger partial charge in [0.1, 0.15) is 0 Å². The zero-order valence-corrected chi connectivity index (χ0v) is 13.7. The average Bonchev–Trinajstić information content (AvgIpc) is 3.26. The van der Waals surface area contributed by atoms with Crippen LogP contribution in [0.1, 0.15) is 16.1 Å². The van der Waals surface area contributed by atoms with Crippen LogP contribution < -0.4 is 5.32 Å². The molecule has 1 N–H and O–H groups in total. The first kappa shape index (κ1) is 15.9. The Kier molecular flexibility index (Phi) is 4.72. The largest absolute Gasteiger partial charge is 0.465 e. The number of rotatable bonds is 5. The fraction of sp³-hybridized carbons (Fsp3) is 0.118. The predicted molar refractivity (Wildman–Crippen MR) is 91.6 cm³/mol. The summed E-state index contributed by atoms with van der Waals surface area (Å²) in [5.74, 6) is -0.571. The van der Waals surface area contributed by atoms with Crippen LogP contribution >= 0.6 is 11.3 Å². The standard InChI is InChI=1S/C17H15N3O3S/c1-23-16(22)12-4-6-13(7-5-12)18-15(21)10-14-11-24-17(19-14)20-8-2-3-9-20/h2-9,11H,10H2,1H3,(H,18,21). The van der Waals surface area contributed by atoms with Crippen LogP contribution in [0.3, 0.4) is 0 Å². The minimum Gasteiger partial charge on any atom is -0.465 e. The number of amides is 1. The Morgan fingerprint density at radius 1 is 1.21 bits per heavy atom. The summed E-state index contributed by atoms with van der Waals surface area (Å²) in [6.45, 7) is 0. The number of methoxy groups -OCH3 is 1. The van der Waals surface area contributed by atoms with E-state index in [1.54, 1.807) is 24.3 Å². The lowest BCUT2D eigenvalue weighted by Gasteiger charge is -2.05. The van der Waals surface area contributed by atoms with Crippen molar-refractivity contribution < 1.29 is 14.3 Å². The zero-order chi connectivity index (χ0) is 16.9. The Morgan fingerprint density at radius 3 is 2.58 bits per heavy atom. The monoisotopic (exact) mass is 341 g/mol. The molecular formula is C17H15N3O3S. The second-order valence-electron chi connectivity index (χ2n) is 5.01. The lowest BCUT2D eigenvalue weighted by Crippen LogP contribution is -2.14. The number of carbonyl (C=O) groups excluding carboxylic acids is 2. The van der Waals surface area contributed by atoms with E-state index in [1.807, 2.05) is 34.5 Å².